The topological polar surface area (TPSA) is 97.0 Å². The number of rotatable bonds is 8. The fraction of sp³-hybridized carbons (Fsp3) is 0.160. The van der Waals surface area contributed by atoms with Crippen molar-refractivity contribution in [2.75, 3.05) is 12.0 Å². The summed E-state index contributed by atoms with van der Waals surface area (Å²) in [4.78, 5) is 39.1. The number of hydrogen-bond acceptors (Lipinski definition) is 6. The molecule has 0 radical (unpaired) electrons. The van der Waals surface area contributed by atoms with Gasteiger partial charge in [0, 0.05) is 0 Å². The zero-order valence-corrected chi connectivity index (χ0v) is 18.3. The zero-order chi connectivity index (χ0) is 24.1. The Hall–Kier alpha value is -4.24. The van der Waals surface area contributed by atoms with Crippen molar-refractivity contribution in [1.29, 1.82) is 0 Å². The van der Waals surface area contributed by atoms with Gasteiger partial charge in [-0.1, -0.05) is 24.3 Å². The van der Waals surface area contributed by atoms with E-state index in [-0.39, 0.29) is 30.3 Å². The van der Waals surface area contributed by atoms with Gasteiger partial charge in [0.15, 0.2) is 0 Å². The summed E-state index contributed by atoms with van der Waals surface area (Å²) in [6.45, 7) is 0.143. The molecule has 0 bridgehead atoms. The Morgan fingerprint density at radius 3 is 2.44 bits per heavy atom. The lowest BCUT2D eigenvalue weighted by molar-refractivity contribution is -0.121. The van der Waals surface area contributed by atoms with Crippen molar-refractivity contribution < 1.29 is 28.2 Å². The summed E-state index contributed by atoms with van der Waals surface area (Å²) in [7, 11) is 1.52. The van der Waals surface area contributed by atoms with E-state index in [1.54, 1.807) is 60.7 Å². The van der Waals surface area contributed by atoms with E-state index < -0.39 is 17.9 Å². The average Bonchev–Trinajstić information content (AvgIpc) is 3.15. The molecule has 0 spiro atoms. The smallest absolute Gasteiger partial charge is 0.269 e. The monoisotopic (exact) mass is 463 g/mol. The number of methoxy groups -OCH3 is 1. The maximum absolute atomic E-state index is 13.1. The maximum Gasteiger partial charge on any atom is 0.269 e. The fourth-order valence-electron chi connectivity index (χ4n) is 3.49. The van der Waals surface area contributed by atoms with Crippen LogP contribution in [0.15, 0.2) is 72.8 Å². The first-order valence-electron chi connectivity index (χ1n) is 10.5. The van der Waals surface area contributed by atoms with Gasteiger partial charge in [-0.25, -0.2) is 14.7 Å². The summed E-state index contributed by atoms with van der Waals surface area (Å²) >= 11 is 0. The molecule has 34 heavy (non-hydrogen) atoms. The van der Waals surface area contributed by atoms with Crippen LogP contribution in [0.2, 0.25) is 0 Å². The van der Waals surface area contributed by atoms with Crippen LogP contribution in [0, 0.1) is 5.82 Å². The molecule has 1 aliphatic heterocycles. The van der Waals surface area contributed by atoms with Gasteiger partial charge in [-0.15, -0.1) is 0 Å². The first-order valence-corrected chi connectivity index (χ1v) is 10.5. The minimum Gasteiger partial charge on any atom is -0.497 e. The predicted molar refractivity (Wildman–Crippen MR) is 122 cm³/mol. The van der Waals surface area contributed by atoms with Crippen molar-refractivity contribution in [2.45, 2.75) is 19.1 Å². The van der Waals surface area contributed by atoms with Gasteiger partial charge in [0.25, 0.3) is 11.8 Å². The first-order chi connectivity index (χ1) is 16.5. The van der Waals surface area contributed by atoms with E-state index in [4.69, 9.17) is 9.47 Å². The van der Waals surface area contributed by atoms with Crippen LogP contribution in [-0.2, 0) is 16.2 Å². The predicted octanol–water partition coefficient (Wildman–Crippen LogP) is 2.98. The number of imide groups is 1. The molecule has 0 aromatic heterocycles. The van der Waals surface area contributed by atoms with E-state index in [2.05, 4.69) is 10.9 Å². The number of para-hydroxylation sites is 1. The molecule has 3 aromatic carbocycles. The number of halogens is 1. The van der Waals surface area contributed by atoms with Crippen LogP contribution in [0.5, 0.6) is 11.5 Å². The molecule has 0 unspecified atom stereocenters. The third kappa shape index (κ3) is 5.05. The van der Waals surface area contributed by atoms with Gasteiger partial charge in [-0.3, -0.25) is 19.8 Å². The Morgan fingerprint density at radius 2 is 1.74 bits per heavy atom. The summed E-state index contributed by atoms with van der Waals surface area (Å²) in [6.07, 6.45) is -0.103. The average molecular weight is 463 g/mol. The summed E-state index contributed by atoms with van der Waals surface area (Å²) in [5.74, 6) is -0.816. The molecule has 1 saturated heterocycles. The number of carbonyl (C=O) groups is 3. The Morgan fingerprint density at radius 1 is 1.03 bits per heavy atom. The molecular weight excluding hydrogens is 441 g/mol. The number of carbonyl (C=O) groups excluding carboxylic acids is 3. The van der Waals surface area contributed by atoms with E-state index in [0.717, 1.165) is 10.5 Å². The number of amides is 3. The van der Waals surface area contributed by atoms with Gasteiger partial charge in [-0.05, 0) is 54.1 Å². The molecule has 174 valence electrons. The minimum absolute atomic E-state index is 0.103. The third-order valence-corrected chi connectivity index (χ3v) is 5.28. The van der Waals surface area contributed by atoms with Gasteiger partial charge in [0.05, 0.1) is 24.8 Å². The number of benzene rings is 3. The highest BCUT2D eigenvalue weighted by atomic mass is 19.1. The lowest BCUT2D eigenvalue weighted by Crippen LogP contribution is -2.48. The molecule has 3 amide bonds. The normalized spacial score (nSPS) is 15.4. The molecule has 0 aliphatic carbocycles. The number of ether oxygens (including phenoxy) is 2. The highest BCUT2D eigenvalue weighted by Crippen LogP contribution is 2.25. The molecule has 1 heterocycles. The Labute approximate surface area is 195 Å². The Balaban J connectivity index is 1.38. The van der Waals surface area contributed by atoms with Crippen LogP contribution in [0.25, 0.3) is 0 Å². The molecule has 4 rings (SSSR count). The van der Waals surface area contributed by atoms with Gasteiger partial charge in [0.1, 0.15) is 30.0 Å². The van der Waals surface area contributed by atoms with Crippen molar-refractivity contribution >= 4 is 23.4 Å². The van der Waals surface area contributed by atoms with Crippen molar-refractivity contribution in [1.82, 2.24) is 10.9 Å². The van der Waals surface area contributed by atoms with Crippen LogP contribution in [-0.4, -0.2) is 30.9 Å². The molecule has 8 nitrogen and oxygen atoms in total. The van der Waals surface area contributed by atoms with Crippen molar-refractivity contribution in [2.24, 2.45) is 0 Å². The van der Waals surface area contributed by atoms with E-state index in [1.807, 2.05) is 0 Å². The van der Waals surface area contributed by atoms with Crippen molar-refractivity contribution in [3.63, 3.8) is 0 Å². The lowest BCUT2D eigenvalue weighted by Gasteiger charge is -2.17. The summed E-state index contributed by atoms with van der Waals surface area (Å²) in [5.41, 5.74) is 6.54. The number of hydrazine groups is 1. The lowest BCUT2D eigenvalue weighted by atomic mass is 10.2. The van der Waals surface area contributed by atoms with Crippen LogP contribution < -0.4 is 25.2 Å². The first kappa shape index (κ1) is 22.9. The fourth-order valence-corrected chi connectivity index (χ4v) is 3.49. The van der Waals surface area contributed by atoms with Crippen LogP contribution in [0.3, 0.4) is 0 Å². The van der Waals surface area contributed by atoms with E-state index in [9.17, 15) is 18.8 Å². The SMILES string of the molecule is COc1ccc(N2C(=O)C[C@H](NNC(=O)c3ccccc3OCc3ccc(F)cc3)C2=O)cc1. The molecule has 1 fully saturated rings. The molecule has 0 saturated carbocycles. The number of nitrogens with one attached hydrogen (secondary N) is 2. The van der Waals surface area contributed by atoms with E-state index >= 15 is 0 Å². The quantitative estimate of drug-likeness (QED) is 0.394. The number of hydrogen-bond donors (Lipinski definition) is 2. The summed E-state index contributed by atoms with van der Waals surface area (Å²) in [5, 5.41) is 0. The van der Waals surface area contributed by atoms with Gasteiger partial charge in [0.2, 0.25) is 5.91 Å². The van der Waals surface area contributed by atoms with Crippen molar-refractivity contribution in [3.05, 3.63) is 89.7 Å². The second kappa shape index (κ2) is 10.1. The zero-order valence-electron chi connectivity index (χ0n) is 18.3. The molecular formula is C25H22FN3O5. The van der Waals surface area contributed by atoms with Crippen LogP contribution in [0.1, 0.15) is 22.3 Å². The highest BCUT2D eigenvalue weighted by Gasteiger charge is 2.39. The second-order valence-corrected chi connectivity index (χ2v) is 7.53. The number of anilines is 1. The van der Waals surface area contributed by atoms with Gasteiger partial charge < -0.3 is 9.47 Å². The molecule has 3 aromatic rings. The molecule has 1 atom stereocenters. The Bertz CT molecular complexity index is 1200. The molecule has 2 N–H and O–H groups in total. The van der Waals surface area contributed by atoms with E-state index in [0.29, 0.717) is 17.2 Å². The van der Waals surface area contributed by atoms with Crippen LogP contribution >= 0.6 is 0 Å². The van der Waals surface area contributed by atoms with Crippen LogP contribution in [0.4, 0.5) is 10.1 Å². The summed E-state index contributed by atoms with van der Waals surface area (Å²) < 4.78 is 23.9. The third-order valence-electron chi connectivity index (χ3n) is 5.28. The highest BCUT2D eigenvalue weighted by molar-refractivity contribution is 6.22. The minimum atomic E-state index is -0.911. The molecule has 9 heteroatoms. The Kier molecular flexibility index (Phi) is 6.84. The molecule has 1 aliphatic rings. The maximum atomic E-state index is 13.1. The van der Waals surface area contributed by atoms with E-state index in [1.165, 1.54) is 19.2 Å². The van der Waals surface area contributed by atoms with Crippen molar-refractivity contribution in [3.8, 4) is 11.5 Å². The standard InChI is InChI=1S/C25H22FN3O5/c1-33-19-12-10-18(11-13-19)29-23(30)14-21(25(29)32)27-28-24(31)20-4-2-3-5-22(20)34-15-16-6-8-17(26)9-7-16/h2-13,21,27H,14-15H2,1H3,(H,28,31)/t21-/m0/s1. The largest absolute Gasteiger partial charge is 0.497 e. The second-order valence-electron chi connectivity index (χ2n) is 7.53. The number of nitrogens with zero attached hydrogens (tertiary/aromatic N) is 1. The van der Waals surface area contributed by atoms with Gasteiger partial charge in [-0.2, -0.15) is 0 Å². The van der Waals surface area contributed by atoms with Gasteiger partial charge >= 0.3 is 0 Å². The summed E-state index contributed by atoms with van der Waals surface area (Å²) in [6, 6.07) is 18.1.